The van der Waals surface area contributed by atoms with Gasteiger partial charge in [-0.15, -0.1) is 11.3 Å². The van der Waals surface area contributed by atoms with Crippen molar-refractivity contribution in [3.8, 4) is 5.88 Å². The summed E-state index contributed by atoms with van der Waals surface area (Å²) >= 11 is 6.04. The molecular formula is C9H7NO3S2. The van der Waals surface area contributed by atoms with Crippen LogP contribution in [0.5, 0.6) is 5.88 Å². The number of hydrogen-bond acceptors (Lipinski definition) is 5. The molecule has 0 fully saturated rings. The molecule has 0 unspecified atom stereocenters. The smallest absolute Gasteiger partial charge is 0.302 e. The second-order valence-electron chi connectivity index (χ2n) is 2.91. The van der Waals surface area contributed by atoms with Crippen LogP contribution in [0, 0.1) is 10.9 Å². The molecule has 4 nitrogen and oxygen atoms in total. The predicted octanol–water partition coefficient (Wildman–Crippen LogP) is 2.57. The van der Waals surface area contributed by atoms with Crippen molar-refractivity contribution in [3.63, 3.8) is 0 Å². The van der Waals surface area contributed by atoms with Crippen molar-refractivity contribution in [2.24, 2.45) is 0 Å². The highest BCUT2D eigenvalue weighted by atomic mass is 32.1. The van der Waals surface area contributed by atoms with Crippen LogP contribution < -0.4 is 0 Å². The highest BCUT2D eigenvalue weighted by molar-refractivity contribution is 7.73. The van der Waals surface area contributed by atoms with Crippen molar-refractivity contribution in [2.45, 2.75) is 6.92 Å². The fourth-order valence-electron chi connectivity index (χ4n) is 1.15. The maximum atomic E-state index is 11.8. The quantitative estimate of drug-likeness (QED) is 0.780. The molecule has 0 saturated heterocycles. The number of carbonyl (C=O) groups excluding carboxylic acids is 1. The molecule has 78 valence electrons. The van der Waals surface area contributed by atoms with E-state index in [1.807, 2.05) is 0 Å². The Hall–Kier alpha value is -1.40. The molecule has 0 amide bonds. The van der Waals surface area contributed by atoms with Crippen LogP contribution in [-0.2, 0) is 0 Å². The zero-order chi connectivity index (χ0) is 11.0. The summed E-state index contributed by atoms with van der Waals surface area (Å²) < 4.78 is 6.49. The fourth-order valence-corrected chi connectivity index (χ4v) is 2.06. The molecule has 2 aromatic heterocycles. The Bertz CT molecular complexity index is 564. The van der Waals surface area contributed by atoms with Crippen LogP contribution in [-0.4, -0.2) is 15.6 Å². The van der Waals surface area contributed by atoms with Gasteiger partial charge in [-0.05, 0) is 31.3 Å². The number of aromatic nitrogens is 1. The van der Waals surface area contributed by atoms with Crippen LogP contribution in [0.4, 0.5) is 0 Å². The monoisotopic (exact) mass is 241 g/mol. The Balaban J connectivity index is 2.49. The molecule has 0 radical (unpaired) electrons. The SMILES string of the molecule is Cc1ccc(C(=O)n2c(O)csc2=S)o1. The largest absolute Gasteiger partial charge is 0.494 e. The number of aromatic hydroxyl groups is 1. The third kappa shape index (κ3) is 1.73. The number of furan rings is 1. The van der Waals surface area contributed by atoms with Crippen LogP contribution in [0.1, 0.15) is 16.3 Å². The van der Waals surface area contributed by atoms with Crippen molar-refractivity contribution in [3.05, 3.63) is 33.0 Å². The lowest BCUT2D eigenvalue weighted by Gasteiger charge is -1.98. The summed E-state index contributed by atoms with van der Waals surface area (Å²) in [4.78, 5) is 11.8. The highest BCUT2D eigenvalue weighted by Gasteiger charge is 2.16. The zero-order valence-electron chi connectivity index (χ0n) is 7.76. The van der Waals surface area contributed by atoms with E-state index in [0.717, 1.165) is 15.9 Å². The molecule has 0 aromatic carbocycles. The summed E-state index contributed by atoms with van der Waals surface area (Å²) in [5.41, 5.74) is 0. The number of thiazole rings is 1. The molecule has 0 aliphatic heterocycles. The molecule has 0 atom stereocenters. The summed E-state index contributed by atoms with van der Waals surface area (Å²) in [6, 6.07) is 3.23. The van der Waals surface area contributed by atoms with E-state index in [2.05, 4.69) is 0 Å². The molecule has 0 saturated carbocycles. The zero-order valence-corrected chi connectivity index (χ0v) is 9.39. The van der Waals surface area contributed by atoms with Crippen molar-refractivity contribution >= 4 is 29.5 Å². The molecule has 15 heavy (non-hydrogen) atoms. The van der Waals surface area contributed by atoms with Gasteiger partial charge in [0.05, 0.1) is 5.38 Å². The van der Waals surface area contributed by atoms with Crippen LogP contribution in [0.2, 0.25) is 0 Å². The first kappa shape index (κ1) is 10.1. The molecule has 2 aromatic rings. The Morgan fingerprint density at radius 2 is 2.33 bits per heavy atom. The van der Waals surface area contributed by atoms with Gasteiger partial charge in [0.25, 0.3) is 0 Å². The molecule has 0 aliphatic rings. The van der Waals surface area contributed by atoms with Gasteiger partial charge in [0.15, 0.2) is 9.71 Å². The third-order valence-corrected chi connectivity index (χ3v) is 3.02. The normalized spacial score (nSPS) is 10.5. The van der Waals surface area contributed by atoms with Crippen molar-refractivity contribution in [2.75, 3.05) is 0 Å². The third-order valence-electron chi connectivity index (χ3n) is 1.83. The number of carbonyl (C=O) groups is 1. The highest BCUT2D eigenvalue weighted by Crippen LogP contribution is 2.19. The lowest BCUT2D eigenvalue weighted by Crippen LogP contribution is -2.10. The summed E-state index contributed by atoms with van der Waals surface area (Å²) in [7, 11) is 0. The van der Waals surface area contributed by atoms with Crippen LogP contribution in [0.25, 0.3) is 0 Å². The number of hydrogen-bond donors (Lipinski definition) is 1. The molecule has 0 spiro atoms. The van der Waals surface area contributed by atoms with Crippen molar-refractivity contribution in [1.29, 1.82) is 0 Å². The maximum absolute atomic E-state index is 11.8. The minimum absolute atomic E-state index is 0.163. The van der Waals surface area contributed by atoms with E-state index in [0.29, 0.717) is 9.71 Å². The van der Waals surface area contributed by atoms with E-state index in [1.165, 1.54) is 5.38 Å². The van der Waals surface area contributed by atoms with Gasteiger partial charge >= 0.3 is 5.91 Å². The van der Waals surface area contributed by atoms with Gasteiger partial charge in [-0.1, -0.05) is 0 Å². The van der Waals surface area contributed by atoms with Crippen molar-refractivity contribution in [1.82, 2.24) is 4.57 Å². The first-order chi connectivity index (χ1) is 7.09. The van der Waals surface area contributed by atoms with Gasteiger partial charge in [0.2, 0.25) is 5.88 Å². The van der Waals surface area contributed by atoms with E-state index in [4.69, 9.17) is 16.6 Å². The van der Waals surface area contributed by atoms with Crippen LogP contribution in [0.3, 0.4) is 0 Å². The summed E-state index contributed by atoms with van der Waals surface area (Å²) in [5.74, 6) is 0.188. The van der Waals surface area contributed by atoms with Gasteiger partial charge in [-0.2, -0.15) is 0 Å². The predicted molar refractivity (Wildman–Crippen MR) is 58.0 cm³/mol. The van der Waals surface area contributed by atoms with E-state index >= 15 is 0 Å². The van der Waals surface area contributed by atoms with Gasteiger partial charge in [-0.25, -0.2) is 4.57 Å². The second kappa shape index (κ2) is 3.63. The topological polar surface area (TPSA) is 55.4 Å². The molecule has 0 aliphatic carbocycles. The Labute approximate surface area is 94.4 Å². The molecule has 0 bridgehead atoms. The maximum Gasteiger partial charge on any atom is 0.302 e. The molecule has 6 heteroatoms. The lowest BCUT2D eigenvalue weighted by atomic mass is 10.4. The van der Waals surface area contributed by atoms with E-state index in [9.17, 15) is 9.90 Å². The van der Waals surface area contributed by atoms with Gasteiger partial charge in [-0.3, -0.25) is 4.79 Å². The van der Waals surface area contributed by atoms with Gasteiger partial charge < -0.3 is 9.52 Å². The molecular weight excluding hydrogens is 234 g/mol. The van der Waals surface area contributed by atoms with E-state index in [1.54, 1.807) is 19.1 Å². The van der Waals surface area contributed by atoms with Gasteiger partial charge in [0, 0.05) is 0 Å². The standard InChI is InChI=1S/C9H7NO3S2/c1-5-2-3-6(13-5)8(12)10-7(11)4-15-9(10)14/h2-4,11H,1H3. The minimum atomic E-state index is -0.452. The first-order valence-electron chi connectivity index (χ1n) is 4.10. The second-order valence-corrected chi connectivity index (χ2v) is 4.41. The number of aryl methyl sites for hydroxylation is 1. The molecule has 2 heterocycles. The minimum Gasteiger partial charge on any atom is -0.494 e. The average molecular weight is 241 g/mol. The number of rotatable bonds is 1. The van der Waals surface area contributed by atoms with Crippen LogP contribution in [0.15, 0.2) is 21.9 Å². The molecule has 1 N–H and O–H groups in total. The number of nitrogens with zero attached hydrogens (tertiary/aromatic N) is 1. The van der Waals surface area contributed by atoms with Gasteiger partial charge in [0.1, 0.15) is 5.76 Å². The lowest BCUT2D eigenvalue weighted by molar-refractivity contribution is 0.0921. The molecule has 2 rings (SSSR count). The van der Waals surface area contributed by atoms with E-state index in [-0.39, 0.29) is 11.6 Å². The summed E-state index contributed by atoms with van der Waals surface area (Å²) in [6.45, 7) is 1.74. The Morgan fingerprint density at radius 3 is 2.80 bits per heavy atom. The van der Waals surface area contributed by atoms with Crippen LogP contribution >= 0.6 is 23.6 Å². The Kier molecular flexibility index (Phi) is 2.45. The summed E-state index contributed by atoms with van der Waals surface area (Å²) in [5, 5.41) is 10.8. The fraction of sp³-hybridized carbons (Fsp3) is 0.111. The van der Waals surface area contributed by atoms with E-state index < -0.39 is 5.91 Å². The van der Waals surface area contributed by atoms with Crippen molar-refractivity contribution < 1.29 is 14.3 Å². The summed E-state index contributed by atoms with van der Waals surface area (Å²) in [6.07, 6.45) is 0. The Morgan fingerprint density at radius 1 is 1.60 bits per heavy atom. The average Bonchev–Trinajstić information content (AvgIpc) is 2.73. The first-order valence-corrected chi connectivity index (χ1v) is 5.39.